The summed E-state index contributed by atoms with van der Waals surface area (Å²) in [6, 6.07) is 6.09. The number of hydrogen-bond acceptors (Lipinski definition) is 5. The number of nitrogen functional groups attached to an aromatic ring is 2. The van der Waals surface area contributed by atoms with Crippen molar-refractivity contribution in [3.8, 4) is 0 Å². The van der Waals surface area contributed by atoms with Gasteiger partial charge in [0.1, 0.15) is 5.82 Å². The van der Waals surface area contributed by atoms with Crippen LogP contribution in [-0.2, 0) is 0 Å². The number of nitrogens with one attached hydrogen (secondary N) is 1. The molecule has 5 heteroatoms. The fraction of sp³-hybridized carbons (Fsp3) is 0.385. The summed E-state index contributed by atoms with van der Waals surface area (Å²) in [6.07, 6.45) is 2.26. The quantitative estimate of drug-likeness (QED) is 0.701. The van der Waals surface area contributed by atoms with Gasteiger partial charge in [0.15, 0.2) is 0 Å². The highest BCUT2D eigenvalue weighted by Crippen LogP contribution is 2.33. The van der Waals surface area contributed by atoms with E-state index in [2.05, 4.69) is 21.4 Å². The van der Waals surface area contributed by atoms with Crippen LogP contribution in [-0.4, -0.2) is 23.1 Å². The van der Waals surface area contributed by atoms with Crippen LogP contribution in [0.4, 0.5) is 11.8 Å². The van der Waals surface area contributed by atoms with E-state index in [1.807, 2.05) is 12.1 Å². The average Bonchev–Trinajstić information content (AvgIpc) is 2.38. The molecular weight excluding hydrogens is 226 g/mol. The molecule has 0 aliphatic carbocycles. The maximum atomic E-state index is 6.02. The van der Waals surface area contributed by atoms with Crippen LogP contribution in [0.3, 0.4) is 0 Å². The van der Waals surface area contributed by atoms with Gasteiger partial charge in [-0.3, -0.25) is 0 Å². The maximum absolute atomic E-state index is 6.02. The molecule has 0 saturated carbocycles. The summed E-state index contributed by atoms with van der Waals surface area (Å²) in [5, 5.41) is 4.34. The summed E-state index contributed by atoms with van der Waals surface area (Å²) in [5.41, 5.74) is 13.8. The maximum Gasteiger partial charge on any atom is 0.222 e. The number of piperidine rings is 1. The molecule has 0 bridgehead atoms. The van der Waals surface area contributed by atoms with Crippen molar-refractivity contribution in [3.05, 3.63) is 23.8 Å². The molecule has 0 unspecified atom stereocenters. The molecule has 0 spiro atoms. The summed E-state index contributed by atoms with van der Waals surface area (Å²) in [6.45, 7) is 2.10. The molecule has 2 aromatic rings. The van der Waals surface area contributed by atoms with Gasteiger partial charge in [0.25, 0.3) is 0 Å². The van der Waals surface area contributed by atoms with Crippen molar-refractivity contribution in [1.82, 2.24) is 15.3 Å². The van der Waals surface area contributed by atoms with E-state index in [0.717, 1.165) is 36.8 Å². The van der Waals surface area contributed by atoms with Crippen molar-refractivity contribution in [2.45, 2.75) is 18.8 Å². The van der Waals surface area contributed by atoms with Crippen LogP contribution >= 0.6 is 0 Å². The predicted octanol–water partition coefficient (Wildman–Crippen LogP) is 1.26. The lowest BCUT2D eigenvalue weighted by atomic mass is 9.88. The van der Waals surface area contributed by atoms with Gasteiger partial charge < -0.3 is 16.8 Å². The monoisotopic (exact) mass is 243 g/mol. The van der Waals surface area contributed by atoms with Crippen molar-refractivity contribution >= 4 is 22.7 Å². The number of benzene rings is 1. The van der Waals surface area contributed by atoms with E-state index in [9.17, 15) is 0 Å². The standard InChI is InChI=1S/C13H17N5/c14-12-11-9(8-4-6-16-7-5-8)2-1-3-10(11)17-13(15)18-12/h1-3,8,16H,4-7H2,(H4,14,15,17,18). The number of hydrogen-bond donors (Lipinski definition) is 3. The Morgan fingerprint density at radius 2 is 1.89 bits per heavy atom. The predicted molar refractivity (Wildman–Crippen MR) is 73.2 cm³/mol. The van der Waals surface area contributed by atoms with Gasteiger partial charge in [-0.1, -0.05) is 12.1 Å². The highest BCUT2D eigenvalue weighted by atomic mass is 15.0. The van der Waals surface area contributed by atoms with E-state index < -0.39 is 0 Å². The Bertz CT molecular complexity index is 575. The van der Waals surface area contributed by atoms with Crippen molar-refractivity contribution in [2.75, 3.05) is 24.6 Å². The lowest BCUT2D eigenvalue weighted by molar-refractivity contribution is 0.462. The van der Waals surface area contributed by atoms with Crippen molar-refractivity contribution in [3.63, 3.8) is 0 Å². The largest absolute Gasteiger partial charge is 0.383 e. The van der Waals surface area contributed by atoms with Gasteiger partial charge in [0.2, 0.25) is 5.95 Å². The van der Waals surface area contributed by atoms with Crippen LogP contribution in [0.5, 0.6) is 0 Å². The second-order valence-corrected chi connectivity index (χ2v) is 4.73. The van der Waals surface area contributed by atoms with Crippen molar-refractivity contribution < 1.29 is 0 Å². The van der Waals surface area contributed by atoms with E-state index >= 15 is 0 Å². The summed E-state index contributed by atoms with van der Waals surface area (Å²) in [4.78, 5) is 8.35. The van der Waals surface area contributed by atoms with Crippen LogP contribution in [0.1, 0.15) is 24.3 Å². The lowest BCUT2D eigenvalue weighted by Crippen LogP contribution is -2.26. The molecule has 1 aliphatic rings. The smallest absolute Gasteiger partial charge is 0.222 e. The zero-order chi connectivity index (χ0) is 12.5. The third-order valence-corrected chi connectivity index (χ3v) is 3.58. The molecule has 0 atom stereocenters. The van der Waals surface area contributed by atoms with Gasteiger partial charge >= 0.3 is 0 Å². The highest BCUT2D eigenvalue weighted by molar-refractivity contribution is 5.92. The Hall–Kier alpha value is -1.88. The van der Waals surface area contributed by atoms with E-state index in [0.29, 0.717) is 11.7 Å². The molecule has 3 rings (SSSR count). The molecule has 1 fully saturated rings. The molecule has 2 heterocycles. The zero-order valence-electron chi connectivity index (χ0n) is 10.2. The Kier molecular flexibility index (Phi) is 2.76. The van der Waals surface area contributed by atoms with Crippen molar-refractivity contribution in [2.24, 2.45) is 0 Å². The highest BCUT2D eigenvalue weighted by Gasteiger charge is 2.19. The molecule has 5 nitrogen and oxygen atoms in total. The second kappa shape index (κ2) is 4.42. The normalized spacial score (nSPS) is 17.1. The van der Waals surface area contributed by atoms with E-state index in [4.69, 9.17) is 11.5 Å². The molecule has 1 aliphatic heterocycles. The molecule has 94 valence electrons. The number of aromatic nitrogens is 2. The van der Waals surface area contributed by atoms with Crippen LogP contribution in [0.15, 0.2) is 18.2 Å². The SMILES string of the molecule is Nc1nc(N)c2c(C3CCNCC3)cccc2n1. The van der Waals surface area contributed by atoms with Crippen molar-refractivity contribution in [1.29, 1.82) is 0 Å². The minimum absolute atomic E-state index is 0.238. The number of fused-ring (bicyclic) bond motifs is 1. The number of nitrogens with two attached hydrogens (primary N) is 2. The molecule has 5 N–H and O–H groups in total. The molecule has 18 heavy (non-hydrogen) atoms. The first kappa shape index (κ1) is 11.2. The van der Waals surface area contributed by atoms with E-state index in [1.165, 1.54) is 5.56 Å². The molecule has 1 aromatic carbocycles. The number of rotatable bonds is 1. The summed E-state index contributed by atoms with van der Waals surface area (Å²) < 4.78 is 0. The molecular formula is C13H17N5. The van der Waals surface area contributed by atoms with Gasteiger partial charge in [-0.05, 0) is 43.5 Å². The first-order valence-electron chi connectivity index (χ1n) is 6.28. The van der Waals surface area contributed by atoms with Gasteiger partial charge in [-0.25, -0.2) is 4.98 Å². The third kappa shape index (κ3) is 1.86. The minimum Gasteiger partial charge on any atom is -0.383 e. The van der Waals surface area contributed by atoms with Crippen LogP contribution in [0.25, 0.3) is 10.9 Å². The summed E-state index contributed by atoms with van der Waals surface area (Å²) in [7, 11) is 0. The lowest BCUT2D eigenvalue weighted by Gasteiger charge is -2.24. The zero-order valence-corrected chi connectivity index (χ0v) is 10.2. The van der Waals surface area contributed by atoms with E-state index in [1.54, 1.807) is 0 Å². The molecule has 1 aromatic heterocycles. The second-order valence-electron chi connectivity index (χ2n) is 4.73. The topological polar surface area (TPSA) is 89.8 Å². The fourth-order valence-electron chi connectivity index (χ4n) is 2.73. The Balaban J connectivity index is 2.16. The minimum atomic E-state index is 0.238. The van der Waals surface area contributed by atoms with Gasteiger partial charge in [0, 0.05) is 5.39 Å². The van der Waals surface area contributed by atoms with Gasteiger partial charge in [0.05, 0.1) is 5.52 Å². The van der Waals surface area contributed by atoms with Gasteiger partial charge in [-0.15, -0.1) is 0 Å². The van der Waals surface area contributed by atoms with Gasteiger partial charge in [-0.2, -0.15) is 4.98 Å². The first-order chi connectivity index (χ1) is 8.75. The number of anilines is 2. The average molecular weight is 243 g/mol. The molecule has 1 saturated heterocycles. The Labute approximate surface area is 106 Å². The van der Waals surface area contributed by atoms with Crippen LogP contribution in [0.2, 0.25) is 0 Å². The summed E-state index contributed by atoms with van der Waals surface area (Å²) >= 11 is 0. The molecule has 0 amide bonds. The summed E-state index contributed by atoms with van der Waals surface area (Å²) in [5.74, 6) is 1.26. The third-order valence-electron chi connectivity index (χ3n) is 3.58. The fourth-order valence-corrected chi connectivity index (χ4v) is 2.73. The van der Waals surface area contributed by atoms with E-state index in [-0.39, 0.29) is 5.95 Å². The number of nitrogens with zero attached hydrogens (tertiary/aromatic N) is 2. The van der Waals surface area contributed by atoms with Crippen LogP contribution < -0.4 is 16.8 Å². The first-order valence-corrected chi connectivity index (χ1v) is 6.28. The molecule has 0 radical (unpaired) electrons. The van der Waals surface area contributed by atoms with Crippen LogP contribution in [0, 0.1) is 0 Å². The Morgan fingerprint density at radius 3 is 2.67 bits per heavy atom. The Morgan fingerprint density at radius 1 is 1.11 bits per heavy atom.